The number of anilines is 1. The fourth-order valence-corrected chi connectivity index (χ4v) is 4.21. The molecular formula is C19H19N3O2S2. The molecule has 3 aromatic rings. The summed E-state index contributed by atoms with van der Waals surface area (Å²) < 4.78 is 1.56. The molecule has 0 bridgehead atoms. The smallest absolute Gasteiger partial charge is 0.263 e. The van der Waals surface area contributed by atoms with E-state index < -0.39 is 0 Å². The number of rotatable bonds is 7. The minimum Gasteiger partial charge on any atom is -0.325 e. The van der Waals surface area contributed by atoms with Gasteiger partial charge in [0.2, 0.25) is 5.91 Å². The second-order valence-corrected chi connectivity index (χ2v) is 7.42. The molecule has 0 saturated carbocycles. The number of hydrogen-bond donors (Lipinski definition) is 1. The molecule has 7 heteroatoms. The lowest BCUT2D eigenvalue weighted by molar-refractivity contribution is -0.113. The van der Waals surface area contributed by atoms with Crippen molar-refractivity contribution in [2.24, 2.45) is 0 Å². The molecule has 0 aliphatic rings. The molecule has 0 fully saturated rings. The highest BCUT2D eigenvalue weighted by Gasteiger charge is 2.14. The molecule has 0 aliphatic heterocycles. The number of allylic oxidation sites excluding steroid dienone is 1. The van der Waals surface area contributed by atoms with Gasteiger partial charge in [0, 0.05) is 12.2 Å². The predicted molar refractivity (Wildman–Crippen MR) is 109 cm³/mol. The fourth-order valence-electron chi connectivity index (χ4n) is 2.60. The molecule has 0 atom stereocenters. The Balaban J connectivity index is 1.78. The van der Waals surface area contributed by atoms with Crippen molar-refractivity contribution in [1.82, 2.24) is 9.55 Å². The summed E-state index contributed by atoms with van der Waals surface area (Å²) in [4.78, 5) is 30.2. The summed E-state index contributed by atoms with van der Waals surface area (Å²) in [6, 6.07) is 9.52. The Morgan fingerprint density at radius 2 is 2.19 bits per heavy atom. The molecule has 0 unspecified atom stereocenters. The molecule has 2 heterocycles. The lowest BCUT2D eigenvalue weighted by Gasteiger charge is -2.11. The van der Waals surface area contributed by atoms with Crippen molar-refractivity contribution in [3.05, 3.63) is 64.3 Å². The molecule has 0 radical (unpaired) electrons. The number of aromatic nitrogens is 2. The van der Waals surface area contributed by atoms with Crippen LogP contribution in [0.3, 0.4) is 0 Å². The molecule has 2 aromatic heterocycles. The van der Waals surface area contributed by atoms with Crippen LogP contribution in [0.4, 0.5) is 5.69 Å². The Morgan fingerprint density at radius 3 is 2.96 bits per heavy atom. The number of amides is 1. The number of nitrogens with one attached hydrogen (secondary N) is 1. The molecule has 0 spiro atoms. The zero-order valence-corrected chi connectivity index (χ0v) is 16.0. The summed E-state index contributed by atoms with van der Waals surface area (Å²) in [6.07, 6.45) is 2.50. The SMILES string of the molecule is C=CCn1c(SCC(=O)Nc2ccccc2CC)nc2sccc2c1=O. The molecule has 134 valence electrons. The number of para-hydroxylation sites is 1. The maximum Gasteiger partial charge on any atom is 0.263 e. The predicted octanol–water partition coefficient (Wildman–Crippen LogP) is 3.94. The summed E-state index contributed by atoms with van der Waals surface area (Å²) in [7, 11) is 0. The van der Waals surface area contributed by atoms with Gasteiger partial charge in [0.25, 0.3) is 5.56 Å². The molecular weight excluding hydrogens is 366 g/mol. The van der Waals surface area contributed by atoms with E-state index in [1.54, 1.807) is 16.7 Å². The zero-order chi connectivity index (χ0) is 18.5. The monoisotopic (exact) mass is 385 g/mol. The first-order chi connectivity index (χ1) is 12.6. The highest BCUT2D eigenvalue weighted by Crippen LogP contribution is 2.22. The fraction of sp³-hybridized carbons (Fsp3) is 0.211. The third-order valence-corrected chi connectivity index (χ3v) is 5.65. The lowest BCUT2D eigenvalue weighted by atomic mass is 10.1. The van der Waals surface area contributed by atoms with Crippen LogP contribution in [0.1, 0.15) is 12.5 Å². The van der Waals surface area contributed by atoms with Crippen molar-refractivity contribution in [3.8, 4) is 0 Å². The van der Waals surface area contributed by atoms with Crippen LogP contribution < -0.4 is 10.9 Å². The van der Waals surface area contributed by atoms with Crippen molar-refractivity contribution in [1.29, 1.82) is 0 Å². The zero-order valence-electron chi connectivity index (χ0n) is 14.4. The molecule has 26 heavy (non-hydrogen) atoms. The number of carbonyl (C=O) groups excluding carboxylic acids is 1. The summed E-state index contributed by atoms with van der Waals surface area (Å²) in [5, 5.41) is 5.92. The average Bonchev–Trinajstić information content (AvgIpc) is 3.12. The Labute approximate surface area is 159 Å². The molecule has 5 nitrogen and oxygen atoms in total. The maximum atomic E-state index is 12.6. The van der Waals surface area contributed by atoms with Crippen LogP contribution >= 0.6 is 23.1 Å². The van der Waals surface area contributed by atoms with Crippen LogP contribution in [0.2, 0.25) is 0 Å². The van der Waals surface area contributed by atoms with Crippen molar-refractivity contribution in [2.45, 2.75) is 25.0 Å². The van der Waals surface area contributed by atoms with E-state index in [2.05, 4.69) is 16.9 Å². The highest BCUT2D eigenvalue weighted by atomic mass is 32.2. The van der Waals surface area contributed by atoms with Crippen molar-refractivity contribution < 1.29 is 4.79 Å². The van der Waals surface area contributed by atoms with Crippen LogP contribution in [0.15, 0.2) is 58.3 Å². The topological polar surface area (TPSA) is 64.0 Å². The van der Waals surface area contributed by atoms with Gasteiger partial charge in [0.05, 0.1) is 11.1 Å². The van der Waals surface area contributed by atoms with Gasteiger partial charge in [0.15, 0.2) is 5.16 Å². The lowest BCUT2D eigenvalue weighted by Crippen LogP contribution is -2.23. The summed E-state index contributed by atoms with van der Waals surface area (Å²) >= 11 is 2.68. The van der Waals surface area contributed by atoms with E-state index in [9.17, 15) is 9.59 Å². The summed E-state index contributed by atoms with van der Waals surface area (Å²) in [5.41, 5.74) is 1.81. The van der Waals surface area contributed by atoms with Gasteiger partial charge >= 0.3 is 0 Å². The van der Waals surface area contributed by atoms with E-state index in [0.29, 0.717) is 21.9 Å². The minimum absolute atomic E-state index is 0.101. The van der Waals surface area contributed by atoms with E-state index in [0.717, 1.165) is 17.7 Å². The maximum absolute atomic E-state index is 12.6. The Hall–Kier alpha value is -2.38. The number of fused-ring (bicyclic) bond motifs is 1. The number of thioether (sulfide) groups is 1. The quantitative estimate of drug-likeness (QED) is 0.380. The van der Waals surface area contributed by atoms with Gasteiger partial charge in [-0.15, -0.1) is 17.9 Å². The number of hydrogen-bond acceptors (Lipinski definition) is 5. The van der Waals surface area contributed by atoms with E-state index in [1.165, 1.54) is 23.1 Å². The largest absolute Gasteiger partial charge is 0.325 e. The van der Waals surface area contributed by atoms with Crippen molar-refractivity contribution >= 4 is 44.9 Å². The van der Waals surface area contributed by atoms with Gasteiger partial charge in [0.1, 0.15) is 4.83 Å². The van der Waals surface area contributed by atoms with Gasteiger partial charge in [-0.25, -0.2) is 4.98 Å². The average molecular weight is 386 g/mol. The van der Waals surface area contributed by atoms with Crippen LogP contribution in [0.25, 0.3) is 10.2 Å². The Kier molecular flexibility index (Phi) is 5.90. The third kappa shape index (κ3) is 3.89. The van der Waals surface area contributed by atoms with E-state index >= 15 is 0 Å². The molecule has 1 N–H and O–H groups in total. The van der Waals surface area contributed by atoms with E-state index in [4.69, 9.17) is 0 Å². The van der Waals surface area contributed by atoms with Crippen LogP contribution in [-0.4, -0.2) is 21.2 Å². The van der Waals surface area contributed by atoms with Gasteiger partial charge in [-0.1, -0.05) is 43.0 Å². The first-order valence-electron chi connectivity index (χ1n) is 8.23. The van der Waals surface area contributed by atoms with Crippen LogP contribution in [0, 0.1) is 0 Å². The Bertz CT molecular complexity index is 1010. The number of nitrogens with zero attached hydrogens (tertiary/aromatic N) is 2. The van der Waals surface area contributed by atoms with Crippen molar-refractivity contribution in [2.75, 3.05) is 11.1 Å². The van der Waals surface area contributed by atoms with Gasteiger partial charge in [-0.05, 0) is 29.5 Å². The van der Waals surface area contributed by atoms with E-state index in [1.807, 2.05) is 36.6 Å². The molecule has 1 amide bonds. The molecule has 0 aliphatic carbocycles. The number of carbonyl (C=O) groups is 1. The van der Waals surface area contributed by atoms with Gasteiger partial charge in [-0.2, -0.15) is 0 Å². The van der Waals surface area contributed by atoms with Crippen LogP contribution in [0.5, 0.6) is 0 Å². The van der Waals surface area contributed by atoms with E-state index in [-0.39, 0.29) is 17.2 Å². The normalized spacial score (nSPS) is 10.8. The summed E-state index contributed by atoms with van der Waals surface area (Å²) in [5.74, 6) is 0.0555. The highest BCUT2D eigenvalue weighted by molar-refractivity contribution is 7.99. The number of benzene rings is 1. The minimum atomic E-state index is -0.124. The molecule has 0 saturated heterocycles. The standard InChI is InChI=1S/C19H19N3O2S2/c1-3-10-22-18(24)14-9-11-25-17(14)21-19(22)26-12-16(23)20-15-8-6-5-7-13(15)4-2/h3,5-9,11H,1,4,10,12H2,2H3,(H,20,23). The van der Waals surface area contributed by atoms with Gasteiger partial charge in [-0.3, -0.25) is 14.2 Å². The van der Waals surface area contributed by atoms with Gasteiger partial charge < -0.3 is 5.32 Å². The molecule has 3 rings (SSSR count). The number of thiophene rings is 1. The second kappa shape index (κ2) is 8.33. The van der Waals surface area contributed by atoms with Crippen molar-refractivity contribution in [3.63, 3.8) is 0 Å². The Morgan fingerprint density at radius 1 is 1.38 bits per heavy atom. The van der Waals surface area contributed by atoms with Crippen LogP contribution in [-0.2, 0) is 17.8 Å². The summed E-state index contributed by atoms with van der Waals surface area (Å²) in [6.45, 7) is 6.11. The first kappa shape index (κ1) is 18.4. The first-order valence-corrected chi connectivity index (χ1v) is 10.1. The third-order valence-electron chi connectivity index (χ3n) is 3.86. The second-order valence-electron chi connectivity index (χ2n) is 5.59. The number of aryl methyl sites for hydroxylation is 1. The molecule has 1 aromatic carbocycles.